The molecule has 5 nitrogen and oxygen atoms in total. The van der Waals surface area contributed by atoms with E-state index in [9.17, 15) is 18.0 Å². The second-order valence-corrected chi connectivity index (χ2v) is 11.4. The largest absolute Gasteiger partial charge is 0.462 e. The number of ether oxygens (including phenoxy) is 2. The van der Waals surface area contributed by atoms with Crippen LogP contribution in [0.15, 0.2) is 24.3 Å². The van der Waals surface area contributed by atoms with Gasteiger partial charge in [0, 0.05) is 44.3 Å². The summed E-state index contributed by atoms with van der Waals surface area (Å²) in [7, 11) is 0. The first-order valence-corrected chi connectivity index (χ1v) is 12.7. The summed E-state index contributed by atoms with van der Waals surface area (Å²) in [4.78, 5) is 17.2. The van der Waals surface area contributed by atoms with E-state index in [1.807, 2.05) is 4.90 Å². The molecule has 5 aliphatic rings. The number of hydrogen-bond acceptors (Lipinski definition) is 5. The second-order valence-electron chi connectivity index (χ2n) is 11.4. The number of carbonyl (C=O) groups excluding carboxylic acids is 1. The van der Waals surface area contributed by atoms with Gasteiger partial charge >= 0.3 is 12.1 Å². The first-order valence-electron chi connectivity index (χ1n) is 12.7. The molecule has 34 heavy (non-hydrogen) atoms. The zero-order chi connectivity index (χ0) is 23.7. The average molecular weight is 479 g/mol. The SMILES string of the molecule is C[C@]12CCC[C@]3(CO3)[C@@H]1C[C@H]1[C@H](CN3CCN(c4cccc(C(F)(F)F)c4)CC3)C(=O)O[C@@H]1C2. The van der Waals surface area contributed by atoms with Gasteiger partial charge in [-0.05, 0) is 61.6 Å². The molecule has 3 saturated heterocycles. The van der Waals surface area contributed by atoms with E-state index >= 15 is 0 Å². The molecule has 0 amide bonds. The van der Waals surface area contributed by atoms with Crippen molar-refractivity contribution in [2.24, 2.45) is 23.2 Å². The summed E-state index contributed by atoms with van der Waals surface area (Å²) < 4.78 is 51.2. The van der Waals surface area contributed by atoms with Gasteiger partial charge in [-0.1, -0.05) is 13.0 Å². The van der Waals surface area contributed by atoms with E-state index in [1.54, 1.807) is 6.07 Å². The zero-order valence-corrected chi connectivity index (χ0v) is 19.7. The number of nitrogens with zero attached hydrogens (tertiary/aromatic N) is 2. The molecule has 0 N–H and O–H groups in total. The van der Waals surface area contributed by atoms with Gasteiger partial charge in [0.2, 0.25) is 0 Å². The van der Waals surface area contributed by atoms with Crippen molar-refractivity contribution in [3.63, 3.8) is 0 Å². The van der Waals surface area contributed by atoms with Crippen molar-refractivity contribution in [3.8, 4) is 0 Å². The molecule has 186 valence electrons. The van der Waals surface area contributed by atoms with E-state index in [0.717, 1.165) is 45.0 Å². The van der Waals surface area contributed by atoms with Crippen molar-refractivity contribution in [1.82, 2.24) is 4.90 Å². The van der Waals surface area contributed by atoms with Crippen LogP contribution in [0.1, 0.15) is 44.6 Å². The number of carbonyl (C=O) groups is 1. The Morgan fingerprint density at radius 3 is 2.62 bits per heavy atom. The molecule has 2 saturated carbocycles. The molecule has 0 unspecified atom stereocenters. The van der Waals surface area contributed by atoms with Gasteiger partial charge in [0.25, 0.3) is 0 Å². The Morgan fingerprint density at radius 1 is 1.15 bits per heavy atom. The van der Waals surface area contributed by atoms with Crippen molar-refractivity contribution in [3.05, 3.63) is 29.8 Å². The number of fused-ring (bicyclic) bond motifs is 3. The number of halogens is 3. The molecule has 0 bridgehead atoms. The lowest BCUT2D eigenvalue weighted by atomic mass is 9.53. The number of rotatable bonds is 3. The van der Waals surface area contributed by atoms with Crippen LogP contribution in [0.2, 0.25) is 0 Å². The van der Waals surface area contributed by atoms with E-state index in [2.05, 4.69) is 11.8 Å². The van der Waals surface area contributed by atoms with Gasteiger partial charge in [0.1, 0.15) is 6.10 Å². The van der Waals surface area contributed by atoms with Gasteiger partial charge in [-0.3, -0.25) is 9.69 Å². The Hall–Kier alpha value is -1.80. The van der Waals surface area contributed by atoms with Gasteiger partial charge in [0.15, 0.2) is 0 Å². The second kappa shape index (κ2) is 7.85. The standard InChI is InChI=1S/C26H33F3N2O3/c1-24-6-3-7-25(16-33-25)22(24)13-19-20(23(32)34-21(19)14-24)15-30-8-10-31(11-9-30)18-5-2-4-17(12-18)26(27,28)29/h2,4-5,12,19-22H,3,6-11,13-16H2,1H3/t19-,20-,21+,22+,24+,25-/m0/s1. The van der Waals surface area contributed by atoms with Crippen molar-refractivity contribution in [2.75, 3.05) is 44.2 Å². The quantitative estimate of drug-likeness (QED) is 0.477. The van der Waals surface area contributed by atoms with Crippen LogP contribution in [0.5, 0.6) is 0 Å². The third-order valence-corrected chi connectivity index (χ3v) is 9.45. The lowest BCUT2D eigenvalue weighted by Crippen LogP contribution is -2.52. The topological polar surface area (TPSA) is 45.3 Å². The highest BCUT2D eigenvalue weighted by molar-refractivity contribution is 5.75. The molecule has 6 atom stereocenters. The van der Waals surface area contributed by atoms with E-state index < -0.39 is 11.7 Å². The zero-order valence-electron chi connectivity index (χ0n) is 19.7. The van der Waals surface area contributed by atoms with Gasteiger partial charge in [-0.25, -0.2) is 0 Å². The fourth-order valence-electron chi connectivity index (χ4n) is 7.51. The molecule has 1 aromatic carbocycles. The Morgan fingerprint density at radius 2 is 1.91 bits per heavy atom. The van der Waals surface area contributed by atoms with E-state index in [0.29, 0.717) is 31.2 Å². The van der Waals surface area contributed by atoms with Crippen LogP contribution in [0, 0.1) is 23.2 Å². The van der Waals surface area contributed by atoms with Crippen LogP contribution < -0.4 is 4.90 Å². The molecule has 6 rings (SSSR count). The Kier molecular flexibility index (Phi) is 5.23. The molecule has 3 aliphatic heterocycles. The first-order chi connectivity index (χ1) is 16.2. The monoisotopic (exact) mass is 478 g/mol. The van der Waals surface area contributed by atoms with Crippen LogP contribution in [0.25, 0.3) is 0 Å². The summed E-state index contributed by atoms with van der Waals surface area (Å²) in [6, 6.07) is 5.55. The third-order valence-electron chi connectivity index (χ3n) is 9.45. The lowest BCUT2D eigenvalue weighted by Gasteiger charge is -2.51. The number of piperazine rings is 1. The summed E-state index contributed by atoms with van der Waals surface area (Å²) in [5.41, 5.74) is 0.233. The van der Waals surface area contributed by atoms with E-state index in [1.165, 1.54) is 25.0 Å². The van der Waals surface area contributed by atoms with Gasteiger partial charge in [0.05, 0.1) is 23.7 Å². The van der Waals surface area contributed by atoms with Gasteiger partial charge in [-0.15, -0.1) is 0 Å². The van der Waals surface area contributed by atoms with E-state index in [4.69, 9.17) is 9.47 Å². The molecule has 0 aromatic heterocycles. The van der Waals surface area contributed by atoms with Crippen LogP contribution in [0.4, 0.5) is 18.9 Å². The molecule has 1 spiro atoms. The number of epoxide rings is 1. The van der Waals surface area contributed by atoms with Crippen LogP contribution in [-0.2, 0) is 20.4 Å². The summed E-state index contributed by atoms with van der Waals surface area (Å²) in [6.07, 6.45) is 1.14. The number of anilines is 1. The summed E-state index contributed by atoms with van der Waals surface area (Å²) >= 11 is 0. The average Bonchev–Trinajstić information content (AvgIpc) is 3.50. The molecule has 1 aromatic rings. The smallest absolute Gasteiger partial charge is 0.416 e. The minimum Gasteiger partial charge on any atom is -0.462 e. The van der Waals surface area contributed by atoms with Crippen molar-refractivity contribution >= 4 is 11.7 Å². The van der Waals surface area contributed by atoms with Crippen molar-refractivity contribution < 1.29 is 27.4 Å². The molecule has 3 heterocycles. The molecule has 0 radical (unpaired) electrons. The highest BCUT2D eigenvalue weighted by Crippen LogP contribution is 2.62. The van der Waals surface area contributed by atoms with Gasteiger partial charge in [-0.2, -0.15) is 13.2 Å². The number of benzene rings is 1. The van der Waals surface area contributed by atoms with Crippen molar-refractivity contribution in [2.45, 2.75) is 56.9 Å². The summed E-state index contributed by atoms with van der Waals surface area (Å²) in [6.45, 7) is 6.65. The fraction of sp³-hybridized carbons (Fsp3) is 0.731. The van der Waals surface area contributed by atoms with Gasteiger partial charge < -0.3 is 14.4 Å². The minimum absolute atomic E-state index is 0.0130. The maximum absolute atomic E-state index is 13.1. The first kappa shape index (κ1) is 22.7. The van der Waals surface area contributed by atoms with Crippen LogP contribution >= 0.6 is 0 Å². The lowest BCUT2D eigenvalue weighted by molar-refractivity contribution is -0.147. The summed E-state index contributed by atoms with van der Waals surface area (Å²) in [5.74, 6) is 0.562. The normalized spacial score (nSPS) is 40.1. The highest BCUT2D eigenvalue weighted by Gasteiger charge is 2.65. The van der Waals surface area contributed by atoms with Crippen molar-refractivity contribution in [1.29, 1.82) is 0 Å². The highest BCUT2D eigenvalue weighted by atomic mass is 19.4. The van der Waals surface area contributed by atoms with Crippen LogP contribution in [0.3, 0.4) is 0 Å². The number of esters is 1. The molecular formula is C26H33F3N2O3. The molecule has 2 aliphatic carbocycles. The molecular weight excluding hydrogens is 445 g/mol. The number of alkyl halides is 3. The maximum atomic E-state index is 13.1. The summed E-state index contributed by atoms with van der Waals surface area (Å²) in [5, 5.41) is 0. The fourth-order valence-corrected chi connectivity index (χ4v) is 7.51. The predicted octanol–water partition coefficient (Wildman–Crippen LogP) is 4.35. The Labute approximate surface area is 198 Å². The van der Waals surface area contributed by atoms with E-state index in [-0.39, 0.29) is 34.9 Å². The Balaban J connectivity index is 1.10. The Bertz CT molecular complexity index is 957. The number of hydrogen-bond donors (Lipinski definition) is 0. The molecule has 5 fully saturated rings. The van der Waals surface area contributed by atoms with Crippen LogP contribution in [-0.4, -0.2) is 61.9 Å². The predicted molar refractivity (Wildman–Crippen MR) is 120 cm³/mol. The maximum Gasteiger partial charge on any atom is 0.416 e. The minimum atomic E-state index is -4.34. The third kappa shape index (κ3) is 3.81. The molecule has 8 heteroatoms.